The fraction of sp³-hybridized carbons (Fsp3) is 0.364. The molecule has 0 fully saturated rings. The molecule has 0 aliphatic carbocycles. The van der Waals surface area contributed by atoms with E-state index in [4.69, 9.17) is 11.6 Å². The second kappa shape index (κ2) is 5.72. The summed E-state index contributed by atoms with van der Waals surface area (Å²) in [6, 6.07) is 5.30. The van der Waals surface area contributed by atoms with Gasteiger partial charge in [-0.2, -0.15) is 26.3 Å². The number of esters is 1. The van der Waals surface area contributed by atoms with Crippen LogP contribution in [0, 0.1) is 0 Å². The first-order valence-corrected chi connectivity index (χ1v) is 5.53. The Kier molecular flexibility index (Phi) is 4.79. The Balaban J connectivity index is 2.97. The van der Waals surface area contributed by atoms with Crippen LogP contribution in [0.15, 0.2) is 24.3 Å². The van der Waals surface area contributed by atoms with E-state index in [2.05, 4.69) is 4.74 Å². The first-order valence-electron chi connectivity index (χ1n) is 5.15. The molecule has 0 aromatic heterocycles. The monoisotopic (exact) mass is 335 g/mol. The van der Waals surface area contributed by atoms with Crippen molar-refractivity contribution in [3.05, 3.63) is 34.9 Å². The van der Waals surface area contributed by atoms with Crippen LogP contribution >= 0.6 is 11.6 Å². The molecule has 0 aliphatic heterocycles. The lowest BCUT2D eigenvalue weighted by molar-refractivity contribution is -0.574. The van der Waals surface area contributed by atoms with Crippen LogP contribution in [0.25, 0.3) is 0 Å². The zero-order chi connectivity index (χ0) is 16.5. The van der Waals surface area contributed by atoms with Crippen molar-refractivity contribution in [2.24, 2.45) is 0 Å². The van der Waals surface area contributed by atoms with Crippen LogP contribution in [0.1, 0.15) is 5.56 Å². The summed E-state index contributed by atoms with van der Waals surface area (Å²) in [7, 11) is 0. The van der Waals surface area contributed by atoms with Gasteiger partial charge in [0.25, 0.3) is 0 Å². The third kappa shape index (κ3) is 3.41. The minimum atomic E-state index is -6.39. The van der Waals surface area contributed by atoms with E-state index in [1.54, 1.807) is 0 Å². The second-order valence-corrected chi connectivity index (χ2v) is 4.25. The molecular formula is C11H6ClF6O3-. The van der Waals surface area contributed by atoms with Gasteiger partial charge in [0.1, 0.15) is 6.61 Å². The Morgan fingerprint density at radius 1 is 1.10 bits per heavy atom. The molecular weight excluding hydrogens is 330 g/mol. The average molecular weight is 336 g/mol. The number of carbonyl (C=O) groups is 1. The molecule has 0 heterocycles. The number of hydrogen-bond acceptors (Lipinski definition) is 3. The summed E-state index contributed by atoms with van der Waals surface area (Å²) < 4.78 is 77.6. The first kappa shape index (κ1) is 17.6. The summed E-state index contributed by atoms with van der Waals surface area (Å²) in [5, 5.41) is 11.0. The van der Waals surface area contributed by atoms with Crippen molar-refractivity contribution in [3.8, 4) is 0 Å². The maximum atomic E-state index is 12.3. The summed E-state index contributed by atoms with van der Waals surface area (Å²) in [5.41, 5.74) is -5.89. The molecule has 0 unspecified atom stereocenters. The van der Waals surface area contributed by atoms with Crippen LogP contribution in [0.5, 0.6) is 0 Å². The van der Waals surface area contributed by atoms with Gasteiger partial charge in [-0.1, -0.05) is 29.8 Å². The van der Waals surface area contributed by atoms with E-state index in [-0.39, 0.29) is 10.6 Å². The minimum absolute atomic E-state index is 0.0409. The van der Waals surface area contributed by atoms with Gasteiger partial charge in [-0.05, 0) is 6.07 Å². The Bertz CT molecular complexity index is 511. The van der Waals surface area contributed by atoms with Gasteiger partial charge in [0, 0.05) is 10.6 Å². The van der Waals surface area contributed by atoms with Crippen LogP contribution in [0.2, 0.25) is 5.02 Å². The lowest BCUT2D eigenvalue weighted by Crippen LogP contribution is -2.71. The number of carbonyl (C=O) groups excluding carboxylic acids is 1. The molecule has 1 aromatic carbocycles. The SMILES string of the molecule is O=C(OCc1ccccc1Cl)C([O-])(C(F)(F)F)C(F)(F)F. The number of benzene rings is 1. The zero-order valence-corrected chi connectivity index (χ0v) is 10.6. The van der Waals surface area contributed by atoms with E-state index in [0.29, 0.717) is 0 Å². The number of ether oxygens (including phenoxy) is 1. The molecule has 10 heteroatoms. The van der Waals surface area contributed by atoms with E-state index >= 15 is 0 Å². The lowest BCUT2D eigenvalue weighted by atomic mass is 10.0. The van der Waals surface area contributed by atoms with Gasteiger partial charge in [0.15, 0.2) is 5.60 Å². The summed E-state index contributed by atoms with van der Waals surface area (Å²) in [4.78, 5) is 11.0. The highest BCUT2D eigenvalue weighted by Crippen LogP contribution is 2.41. The van der Waals surface area contributed by atoms with E-state index in [0.717, 1.165) is 0 Å². The maximum absolute atomic E-state index is 12.3. The van der Waals surface area contributed by atoms with Crippen LogP contribution in [0.4, 0.5) is 26.3 Å². The topological polar surface area (TPSA) is 49.4 Å². The second-order valence-electron chi connectivity index (χ2n) is 3.84. The largest absolute Gasteiger partial charge is 0.828 e. The summed E-state index contributed by atoms with van der Waals surface area (Å²) in [6.07, 6.45) is -12.8. The van der Waals surface area contributed by atoms with Crippen molar-refractivity contribution in [3.63, 3.8) is 0 Å². The van der Waals surface area contributed by atoms with Crippen molar-refractivity contribution in [2.45, 2.75) is 24.6 Å². The number of halogens is 7. The predicted molar refractivity (Wildman–Crippen MR) is 56.1 cm³/mol. The van der Waals surface area contributed by atoms with Crippen molar-refractivity contribution in [2.75, 3.05) is 0 Å². The highest BCUT2D eigenvalue weighted by molar-refractivity contribution is 6.31. The number of rotatable bonds is 3. The van der Waals surface area contributed by atoms with E-state index < -0.39 is 30.5 Å². The normalized spacial score (nSPS) is 13.1. The van der Waals surface area contributed by atoms with Gasteiger partial charge >= 0.3 is 18.3 Å². The van der Waals surface area contributed by atoms with Crippen molar-refractivity contribution in [1.29, 1.82) is 0 Å². The molecule has 0 saturated heterocycles. The molecule has 0 spiro atoms. The van der Waals surface area contributed by atoms with Crippen molar-refractivity contribution >= 4 is 17.6 Å². The molecule has 0 aliphatic rings. The molecule has 1 aromatic rings. The number of hydrogen-bond donors (Lipinski definition) is 0. The lowest BCUT2D eigenvalue weighted by Gasteiger charge is -2.40. The fourth-order valence-electron chi connectivity index (χ4n) is 1.25. The van der Waals surface area contributed by atoms with Gasteiger partial charge in [-0.25, -0.2) is 0 Å². The van der Waals surface area contributed by atoms with Crippen LogP contribution in [0.3, 0.4) is 0 Å². The molecule has 3 nitrogen and oxygen atoms in total. The van der Waals surface area contributed by atoms with Gasteiger partial charge in [0.05, 0.1) is 0 Å². The van der Waals surface area contributed by atoms with Crippen LogP contribution in [-0.2, 0) is 16.1 Å². The Labute approximate surface area is 119 Å². The molecule has 0 atom stereocenters. The van der Waals surface area contributed by atoms with E-state index in [1.807, 2.05) is 0 Å². The smallest absolute Gasteiger partial charge is 0.399 e. The van der Waals surface area contributed by atoms with Gasteiger partial charge in [-0.15, -0.1) is 0 Å². The molecule has 0 amide bonds. The highest BCUT2D eigenvalue weighted by Gasteiger charge is 2.68. The number of alkyl halides is 6. The van der Waals surface area contributed by atoms with Crippen molar-refractivity contribution < 1.29 is 41.0 Å². The minimum Gasteiger partial charge on any atom is -0.828 e. The molecule has 0 N–H and O–H groups in total. The molecule has 118 valence electrons. The first-order chi connectivity index (χ1) is 9.41. The van der Waals surface area contributed by atoms with Crippen LogP contribution in [-0.4, -0.2) is 23.9 Å². The third-order valence-corrected chi connectivity index (χ3v) is 2.77. The maximum Gasteiger partial charge on any atom is 0.399 e. The van der Waals surface area contributed by atoms with E-state index in [1.165, 1.54) is 24.3 Å². The predicted octanol–water partition coefficient (Wildman–Crippen LogP) is 2.61. The van der Waals surface area contributed by atoms with Gasteiger partial charge < -0.3 is 9.84 Å². The molecule has 0 bridgehead atoms. The molecule has 1 rings (SSSR count). The summed E-state index contributed by atoms with van der Waals surface area (Å²) in [5.74, 6) is -2.98. The van der Waals surface area contributed by atoms with Gasteiger partial charge in [0.2, 0.25) is 0 Å². The molecule has 0 saturated carbocycles. The Morgan fingerprint density at radius 2 is 1.57 bits per heavy atom. The van der Waals surface area contributed by atoms with Crippen LogP contribution < -0.4 is 5.11 Å². The van der Waals surface area contributed by atoms with Gasteiger partial charge in [-0.3, -0.25) is 4.79 Å². The summed E-state index contributed by atoms with van der Waals surface area (Å²) in [6.45, 7) is -0.991. The fourth-order valence-corrected chi connectivity index (χ4v) is 1.44. The zero-order valence-electron chi connectivity index (χ0n) is 9.89. The molecule has 21 heavy (non-hydrogen) atoms. The van der Waals surface area contributed by atoms with Crippen molar-refractivity contribution in [1.82, 2.24) is 0 Å². The highest BCUT2D eigenvalue weighted by atomic mass is 35.5. The Hall–Kier alpha value is -1.48. The van der Waals surface area contributed by atoms with E-state index in [9.17, 15) is 36.2 Å². The quantitative estimate of drug-likeness (QED) is 0.630. The third-order valence-electron chi connectivity index (χ3n) is 2.40. The molecule has 0 radical (unpaired) electrons. The summed E-state index contributed by atoms with van der Waals surface area (Å²) >= 11 is 5.59. The standard InChI is InChI=1S/C11H6ClF6O3/c12-7-4-2-1-3-6(7)5-21-8(19)9(20,10(13,14)15)11(16,17)18/h1-4H,5H2/q-1. The Morgan fingerprint density at radius 3 is 2.00 bits per heavy atom. The average Bonchev–Trinajstić information content (AvgIpc) is 2.33.